The zero-order valence-corrected chi connectivity index (χ0v) is 17.9. The summed E-state index contributed by atoms with van der Waals surface area (Å²) in [6.45, 7) is 8.69. The fourth-order valence-electron chi connectivity index (χ4n) is 3.52. The first kappa shape index (κ1) is 21.6. The summed E-state index contributed by atoms with van der Waals surface area (Å²) in [5.41, 5.74) is 3.95. The Labute approximate surface area is 178 Å². The number of benzene rings is 2. The van der Waals surface area contributed by atoms with Gasteiger partial charge in [-0.1, -0.05) is 18.2 Å². The van der Waals surface area contributed by atoms with Crippen molar-refractivity contribution in [2.75, 3.05) is 56.6 Å². The number of carbonyl (C=O) groups is 2. The van der Waals surface area contributed by atoms with Crippen LogP contribution in [0.3, 0.4) is 0 Å². The molecule has 0 unspecified atom stereocenters. The molecule has 3 rings (SSSR count). The zero-order valence-electron chi connectivity index (χ0n) is 17.9. The molecule has 0 radical (unpaired) electrons. The molecule has 30 heavy (non-hydrogen) atoms. The van der Waals surface area contributed by atoms with E-state index in [1.54, 1.807) is 13.2 Å². The lowest BCUT2D eigenvalue weighted by molar-refractivity contribution is -0.136. The molecule has 2 aromatic carbocycles. The fourth-order valence-corrected chi connectivity index (χ4v) is 3.52. The maximum Gasteiger partial charge on any atom is 0.313 e. The van der Waals surface area contributed by atoms with Crippen LogP contribution in [0.4, 0.5) is 11.4 Å². The molecule has 2 N–H and O–H groups in total. The monoisotopic (exact) mass is 410 g/mol. The molecule has 1 fully saturated rings. The highest BCUT2D eigenvalue weighted by molar-refractivity contribution is 6.39. The number of carbonyl (C=O) groups excluding carboxylic acids is 2. The SMILES string of the molecule is COc1ccccc1N1CCN(CCNC(=O)C(=O)Nc2ccc(C)c(C)c2)CC1. The van der Waals surface area contributed by atoms with Crippen molar-refractivity contribution in [3.8, 4) is 5.75 Å². The number of nitrogens with zero attached hydrogens (tertiary/aromatic N) is 2. The summed E-state index contributed by atoms with van der Waals surface area (Å²) < 4.78 is 5.45. The minimum atomic E-state index is -0.640. The summed E-state index contributed by atoms with van der Waals surface area (Å²) in [6.07, 6.45) is 0. The van der Waals surface area contributed by atoms with Gasteiger partial charge in [-0.25, -0.2) is 0 Å². The largest absolute Gasteiger partial charge is 0.495 e. The average molecular weight is 411 g/mol. The van der Waals surface area contributed by atoms with Gasteiger partial charge in [0.25, 0.3) is 0 Å². The molecule has 7 nitrogen and oxygen atoms in total. The number of nitrogens with one attached hydrogen (secondary N) is 2. The third-order valence-corrected chi connectivity index (χ3v) is 5.48. The molecule has 0 atom stereocenters. The van der Waals surface area contributed by atoms with Crippen LogP contribution in [-0.4, -0.2) is 63.1 Å². The number of rotatable bonds is 6. The van der Waals surface area contributed by atoms with Crippen molar-refractivity contribution in [1.82, 2.24) is 10.2 Å². The molecule has 160 valence electrons. The number of ether oxygens (including phenoxy) is 1. The first-order valence-electron chi connectivity index (χ1n) is 10.2. The maximum absolute atomic E-state index is 12.1. The van der Waals surface area contributed by atoms with E-state index >= 15 is 0 Å². The van der Waals surface area contributed by atoms with Gasteiger partial charge in [0, 0.05) is 45.0 Å². The lowest BCUT2D eigenvalue weighted by Crippen LogP contribution is -2.49. The van der Waals surface area contributed by atoms with Crippen molar-refractivity contribution in [3.63, 3.8) is 0 Å². The number of piperazine rings is 1. The number of hydrogen-bond donors (Lipinski definition) is 2. The van der Waals surface area contributed by atoms with E-state index in [1.807, 2.05) is 44.2 Å². The van der Waals surface area contributed by atoms with Gasteiger partial charge in [-0.05, 0) is 49.2 Å². The third-order valence-electron chi connectivity index (χ3n) is 5.48. The Balaban J connectivity index is 1.40. The molecular formula is C23H30N4O3. The van der Waals surface area contributed by atoms with E-state index in [9.17, 15) is 9.59 Å². The molecule has 0 aromatic heterocycles. The third kappa shape index (κ3) is 5.51. The van der Waals surface area contributed by atoms with Crippen LogP contribution in [0.2, 0.25) is 0 Å². The van der Waals surface area contributed by atoms with Crippen molar-refractivity contribution in [3.05, 3.63) is 53.6 Å². The van der Waals surface area contributed by atoms with Crippen LogP contribution in [0.25, 0.3) is 0 Å². The first-order chi connectivity index (χ1) is 14.5. The molecular weight excluding hydrogens is 380 g/mol. The van der Waals surface area contributed by atoms with E-state index < -0.39 is 11.8 Å². The number of hydrogen-bond acceptors (Lipinski definition) is 5. The van der Waals surface area contributed by atoms with Crippen molar-refractivity contribution in [1.29, 1.82) is 0 Å². The van der Waals surface area contributed by atoms with E-state index in [0.29, 0.717) is 18.8 Å². The molecule has 2 aromatic rings. The van der Waals surface area contributed by atoms with E-state index in [2.05, 4.69) is 26.5 Å². The molecule has 0 spiro atoms. The minimum absolute atomic E-state index is 0.438. The quantitative estimate of drug-likeness (QED) is 0.714. The van der Waals surface area contributed by atoms with Crippen LogP contribution in [-0.2, 0) is 9.59 Å². The van der Waals surface area contributed by atoms with Crippen molar-refractivity contribution < 1.29 is 14.3 Å². The molecule has 7 heteroatoms. The number of methoxy groups -OCH3 is 1. The topological polar surface area (TPSA) is 73.9 Å². The van der Waals surface area contributed by atoms with Gasteiger partial charge in [-0.2, -0.15) is 0 Å². The summed E-state index contributed by atoms with van der Waals surface area (Å²) in [7, 11) is 1.69. The fraction of sp³-hybridized carbons (Fsp3) is 0.391. The molecule has 2 amide bonds. The van der Waals surface area contributed by atoms with Gasteiger partial charge in [0.05, 0.1) is 12.8 Å². The van der Waals surface area contributed by atoms with Crippen LogP contribution in [0.15, 0.2) is 42.5 Å². The van der Waals surface area contributed by atoms with Crippen LogP contribution >= 0.6 is 0 Å². The highest BCUT2D eigenvalue weighted by Crippen LogP contribution is 2.28. The second-order valence-corrected chi connectivity index (χ2v) is 7.51. The van der Waals surface area contributed by atoms with Crippen LogP contribution in [0.5, 0.6) is 5.75 Å². The molecule has 0 aliphatic carbocycles. The maximum atomic E-state index is 12.1. The Bertz CT molecular complexity index is 892. The summed E-state index contributed by atoms with van der Waals surface area (Å²) in [5, 5.41) is 5.36. The molecule has 1 heterocycles. The smallest absolute Gasteiger partial charge is 0.313 e. The minimum Gasteiger partial charge on any atom is -0.495 e. The van der Waals surface area contributed by atoms with E-state index in [4.69, 9.17) is 4.74 Å². The Morgan fingerprint density at radius 1 is 0.967 bits per heavy atom. The summed E-state index contributed by atoms with van der Waals surface area (Å²) in [4.78, 5) is 28.8. The Morgan fingerprint density at radius 2 is 1.70 bits per heavy atom. The second kappa shape index (κ2) is 10.1. The number of aryl methyl sites for hydroxylation is 2. The van der Waals surface area contributed by atoms with Gasteiger partial charge in [0.1, 0.15) is 5.75 Å². The summed E-state index contributed by atoms with van der Waals surface area (Å²) in [5.74, 6) is -0.367. The number of amides is 2. The van der Waals surface area contributed by atoms with Crippen LogP contribution in [0, 0.1) is 13.8 Å². The molecule has 1 aliphatic rings. The lowest BCUT2D eigenvalue weighted by Gasteiger charge is -2.36. The Hall–Kier alpha value is -3.06. The predicted octanol–water partition coefficient (Wildman–Crippen LogP) is 2.19. The van der Waals surface area contributed by atoms with Crippen LogP contribution < -0.4 is 20.3 Å². The number of para-hydroxylation sites is 2. The lowest BCUT2D eigenvalue weighted by atomic mass is 10.1. The standard InChI is InChI=1S/C23H30N4O3/c1-17-8-9-19(16-18(17)2)25-23(29)22(28)24-10-11-26-12-14-27(15-13-26)20-6-4-5-7-21(20)30-3/h4-9,16H,10-15H2,1-3H3,(H,24,28)(H,25,29). The normalized spacial score (nSPS) is 14.3. The highest BCUT2D eigenvalue weighted by Gasteiger charge is 2.20. The Kier molecular flexibility index (Phi) is 7.30. The molecule has 1 saturated heterocycles. The predicted molar refractivity (Wildman–Crippen MR) is 119 cm³/mol. The van der Waals surface area contributed by atoms with E-state index in [0.717, 1.165) is 48.7 Å². The zero-order chi connectivity index (χ0) is 21.5. The second-order valence-electron chi connectivity index (χ2n) is 7.51. The van der Waals surface area contributed by atoms with Crippen molar-refractivity contribution >= 4 is 23.2 Å². The van der Waals surface area contributed by atoms with Gasteiger partial charge >= 0.3 is 11.8 Å². The Morgan fingerprint density at radius 3 is 2.40 bits per heavy atom. The first-order valence-corrected chi connectivity index (χ1v) is 10.2. The van der Waals surface area contributed by atoms with E-state index in [-0.39, 0.29) is 0 Å². The molecule has 1 aliphatic heterocycles. The van der Waals surface area contributed by atoms with E-state index in [1.165, 1.54) is 0 Å². The number of anilines is 2. The highest BCUT2D eigenvalue weighted by atomic mass is 16.5. The van der Waals surface area contributed by atoms with Gasteiger partial charge in [0.2, 0.25) is 0 Å². The van der Waals surface area contributed by atoms with Gasteiger partial charge in [0.15, 0.2) is 0 Å². The summed E-state index contributed by atoms with van der Waals surface area (Å²) >= 11 is 0. The van der Waals surface area contributed by atoms with Crippen molar-refractivity contribution in [2.24, 2.45) is 0 Å². The van der Waals surface area contributed by atoms with Gasteiger partial charge < -0.3 is 20.3 Å². The van der Waals surface area contributed by atoms with Crippen molar-refractivity contribution in [2.45, 2.75) is 13.8 Å². The van der Waals surface area contributed by atoms with Gasteiger partial charge in [-0.3, -0.25) is 14.5 Å². The average Bonchev–Trinajstić information content (AvgIpc) is 2.76. The van der Waals surface area contributed by atoms with Crippen LogP contribution in [0.1, 0.15) is 11.1 Å². The van der Waals surface area contributed by atoms with Gasteiger partial charge in [-0.15, -0.1) is 0 Å². The summed E-state index contributed by atoms with van der Waals surface area (Å²) in [6, 6.07) is 13.6. The molecule has 0 saturated carbocycles. The molecule has 0 bridgehead atoms.